The average molecular weight is 203 g/mol. The SMILES string of the molecule is c1cnc2c(c1)N(CC1CCNC1)CC2. The van der Waals surface area contributed by atoms with Crippen molar-refractivity contribution in [3.05, 3.63) is 24.0 Å². The van der Waals surface area contributed by atoms with Gasteiger partial charge in [0.1, 0.15) is 0 Å². The molecule has 3 heterocycles. The molecule has 0 aliphatic carbocycles. The summed E-state index contributed by atoms with van der Waals surface area (Å²) in [4.78, 5) is 6.93. The van der Waals surface area contributed by atoms with Crippen LogP contribution in [-0.4, -0.2) is 31.2 Å². The number of rotatable bonds is 2. The minimum atomic E-state index is 0.830. The van der Waals surface area contributed by atoms with Crippen molar-refractivity contribution >= 4 is 5.69 Å². The topological polar surface area (TPSA) is 28.2 Å². The van der Waals surface area contributed by atoms with E-state index < -0.39 is 0 Å². The molecule has 1 aromatic rings. The molecular weight excluding hydrogens is 186 g/mol. The first kappa shape index (κ1) is 9.16. The molecule has 1 atom stereocenters. The summed E-state index contributed by atoms with van der Waals surface area (Å²) < 4.78 is 0. The van der Waals surface area contributed by atoms with E-state index in [0.717, 1.165) is 18.9 Å². The van der Waals surface area contributed by atoms with Gasteiger partial charge in [-0.2, -0.15) is 0 Å². The fraction of sp³-hybridized carbons (Fsp3) is 0.583. The summed E-state index contributed by atoms with van der Waals surface area (Å²) in [7, 11) is 0. The van der Waals surface area contributed by atoms with Crippen LogP contribution in [0, 0.1) is 5.92 Å². The maximum atomic E-state index is 4.43. The zero-order chi connectivity index (χ0) is 10.1. The Hall–Kier alpha value is -1.09. The standard InChI is InChI=1S/C12H17N3/c1-2-12-11(14-5-1)4-7-15(12)9-10-3-6-13-8-10/h1-2,5,10,13H,3-4,6-9H2. The van der Waals surface area contributed by atoms with Gasteiger partial charge in [0.05, 0.1) is 11.4 Å². The van der Waals surface area contributed by atoms with Gasteiger partial charge in [0.15, 0.2) is 0 Å². The average Bonchev–Trinajstić information content (AvgIpc) is 2.89. The second kappa shape index (κ2) is 3.81. The maximum absolute atomic E-state index is 4.43. The Morgan fingerprint density at radius 2 is 2.53 bits per heavy atom. The predicted octanol–water partition coefficient (Wildman–Crippen LogP) is 1.05. The minimum absolute atomic E-state index is 0.830. The molecule has 80 valence electrons. The van der Waals surface area contributed by atoms with E-state index in [4.69, 9.17) is 0 Å². The molecule has 0 spiro atoms. The Balaban J connectivity index is 1.73. The highest BCUT2D eigenvalue weighted by Crippen LogP contribution is 2.27. The molecule has 0 radical (unpaired) electrons. The van der Waals surface area contributed by atoms with E-state index in [1.165, 1.54) is 37.4 Å². The summed E-state index contributed by atoms with van der Waals surface area (Å²) in [5.41, 5.74) is 2.65. The van der Waals surface area contributed by atoms with Gasteiger partial charge < -0.3 is 10.2 Å². The number of aromatic nitrogens is 1. The highest BCUT2D eigenvalue weighted by Gasteiger charge is 2.24. The molecule has 15 heavy (non-hydrogen) atoms. The fourth-order valence-electron chi connectivity index (χ4n) is 2.64. The number of hydrogen-bond acceptors (Lipinski definition) is 3. The van der Waals surface area contributed by atoms with Crippen LogP contribution in [0.15, 0.2) is 18.3 Å². The Morgan fingerprint density at radius 3 is 3.40 bits per heavy atom. The van der Waals surface area contributed by atoms with Crippen molar-refractivity contribution in [2.45, 2.75) is 12.8 Å². The van der Waals surface area contributed by atoms with E-state index in [1.807, 2.05) is 12.3 Å². The Bertz CT molecular complexity index is 344. The van der Waals surface area contributed by atoms with Crippen LogP contribution in [0.5, 0.6) is 0 Å². The quantitative estimate of drug-likeness (QED) is 0.779. The molecule has 3 heteroatoms. The molecule has 3 nitrogen and oxygen atoms in total. The summed E-state index contributed by atoms with van der Waals surface area (Å²) in [5.74, 6) is 0.830. The molecule has 2 aliphatic rings. The lowest BCUT2D eigenvalue weighted by molar-refractivity contribution is 0.567. The smallest absolute Gasteiger partial charge is 0.0654 e. The van der Waals surface area contributed by atoms with E-state index >= 15 is 0 Å². The van der Waals surface area contributed by atoms with Gasteiger partial charge >= 0.3 is 0 Å². The Morgan fingerprint density at radius 1 is 1.53 bits per heavy atom. The van der Waals surface area contributed by atoms with Crippen molar-refractivity contribution in [1.82, 2.24) is 10.3 Å². The zero-order valence-corrected chi connectivity index (χ0v) is 8.95. The van der Waals surface area contributed by atoms with Gasteiger partial charge in [0.2, 0.25) is 0 Å². The largest absolute Gasteiger partial charge is 0.369 e. The first-order valence-corrected chi connectivity index (χ1v) is 5.83. The van der Waals surface area contributed by atoms with E-state index in [9.17, 15) is 0 Å². The Labute approximate surface area is 90.5 Å². The van der Waals surface area contributed by atoms with Crippen LogP contribution < -0.4 is 10.2 Å². The lowest BCUT2D eigenvalue weighted by Crippen LogP contribution is -2.28. The third-order valence-electron chi connectivity index (χ3n) is 3.47. The van der Waals surface area contributed by atoms with Gasteiger partial charge in [0.25, 0.3) is 0 Å². The molecule has 1 unspecified atom stereocenters. The van der Waals surface area contributed by atoms with Crippen molar-refractivity contribution in [2.24, 2.45) is 5.92 Å². The third kappa shape index (κ3) is 1.72. The van der Waals surface area contributed by atoms with Crippen molar-refractivity contribution in [2.75, 3.05) is 31.1 Å². The molecule has 0 saturated carbocycles. The van der Waals surface area contributed by atoms with E-state index in [2.05, 4.69) is 21.3 Å². The number of fused-ring (bicyclic) bond motifs is 1. The van der Waals surface area contributed by atoms with Gasteiger partial charge in [-0.05, 0) is 37.6 Å². The van der Waals surface area contributed by atoms with Gasteiger partial charge in [0, 0.05) is 25.7 Å². The van der Waals surface area contributed by atoms with Crippen LogP contribution >= 0.6 is 0 Å². The second-order valence-electron chi connectivity index (χ2n) is 4.52. The summed E-state index contributed by atoms with van der Waals surface area (Å²) >= 11 is 0. The van der Waals surface area contributed by atoms with Crippen LogP contribution in [0.1, 0.15) is 12.1 Å². The van der Waals surface area contributed by atoms with Crippen LogP contribution in [-0.2, 0) is 6.42 Å². The van der Waals surface area contributed by atoms with Gasteiger partial charge in [-0.3, -0.25) is 4.98 Å². The monoisotopic (exact) mass is 203 g/mol. The summed E-state index contributed by atoms with van der Waals surface area (Å²) in [5, 5.41) is 3.43. The van der Waals surface area contributed by atoms with Crippen molar-refractivity contribution in [1.29, 1.82) is 0 Å². The number of nitrogens with zero attached hydrogens (tertiary/aromatic N) is 2. The van der Waals surface area contributed by atoms with Gasteiger partial charge in [-0.1, -0.05) is 0 Å². The summed E-state index contributed by atoms with van der Waals surface area (Å²) in [6.07, 6.45) is 4.35. The van der Waals surface area contributed by atoms with Gasteiger partial charge in [-0.15, -0.1) is 0 Å². The van der Waals surface area contributed by atoms with E-state index in [-0.39, 0.29) is 0 Å². The van der Waals surface area contributed by atoms with Gasteiger partial charge in [-0.25, -0.2) is 0 Å². The normalized spacial score (nSPS) is 24.5. The first-order valence-electron chi connectivity index (χ1n) is 5.83. The molecule has 2 aliphatic heterocycles. The van der Waals surface area contributed by atoms with Crippen LogP contribution in [0.25, 0.3) is 0 Å². The van der Waals surface area contributed by atoms with Crippen LogP contribution in [0.3, 0.4) is 0 Å². The second-order valence-corrected chi connectivity index (χ2v) is 4.52. The third-order valence-corrected chi connectivity index (χ3v) is 3.47. The first-order chi connectivity index (χ1) is 7.43. The molecule has 3 rings (SSSR count). The lowest BCUT2D eigenvalue weighted by atomic mass is 10.1. The molecule has 1 saturated heterocycles. The number of anilines is 1. The highest BCUT2D eigenvalue weighted by molar-refractivity contribution is 5.54. The number of pyridine rings is 1. The highest BCUT2D eigenvalue weighted by atomic mass is 15.2. The van der Waals surface area contributed by atoms with Crippen LogP contribution in [0.4, 0.5) is 5.69 Å². The minimum Gasteiger partial charge on any atom is -0.369 e. The molecule has 0 bridgehead atoms. The predicted molar refractivity (Wildman–Crippen MR) is 61.1 cm³/mol. The molecule has 0 amide bonds. The molecule has 1 aromatic heterocycles. The Kier molecular flexibility index (Phi) is 2.33. The van der Waals surface area contributed by atoms with E-state index in [1.54, 1.807) is 0 Å². The number of hydrogen-bond donors (Lipinski definition) is 1. The zero-order valence-electron chi connectivity index (χ0n) is 8.95. The molecule has 0 aromatic carbocycles. The summed E-state index contributed by atoms with van der Waals surface area (Å²) in [6.45, 7) is 4.74. The molecular formula is C12H17N3. The van der Waals surface area contributed by atoms with Crippen molar-refractivity contribution < 1.29 is 0 Å². The molecule has 1 N–H and O–H groups in total. The van der Waals surface area contributed by atoms with Crippen molar-refractivity contribution in [3.63, 3.8) is 0 Å². The van der Waals surface area contributed by atoms with Crippen molar-refractivity contribution in [3.8, 4) is 0 Å². The molecule has 1 fully saturated rings. The fourth-order valence-corrected chi connectivity index (χ4v) is 2.64. The van der Waals surface area contributed by atoms with Crippen LogP contribution in [0.2, 0.25) is 0 Å². The summed E-state index contributed by atoms with van der Waals surface area (Å²) in [6, 6.07) is 4.25. The lowest BCUT2D eigenvalue weighted by Gasteiger charge is -2.22. The maximum Gasteiger partial charge on any atom is 0.0654 e. The van der Waals surface area contributed by atoms with E-state index in [0.29, 0.717) is 0 Å². The number of nitrogens with one attached hydrogen (secondary N) is 1.